The lowest BCUT2D eigenvalue weighted by Crippen LogP contribution is -2.27. The van der Waals surface area contributed by atoms with Crippen LogP contribution in [-0.4, -0.2) is 21.4 Å². The molecule has 0 spiro atoms. The zero-order chi connectivity index (χ0) is 14.8. The first-order valence-corrected chi connectivity index (χ1v) is 7.00. The van der Waals surface area contributed by atoms with E-state index in [-0.39, 0.29) is 24.6 Å². The fourth-order valence-corrected chi connectivity index (χ4v) is 2.62. The van der Waals surface area contributed by atoms with Gasteiger partial charge in [-0.3, -0.25) is 0 Å². The van der Waals surface area contributed by atoms with Crippen LogP contribution >= 0.6 is 0 Å². The summed E-state index contributed by atoms with van der Waals surface area (Å²) in [5.41, 5.74) is 0. The molecule has 1 aromatic rings. The van der Waals surface area contributed by atoms with E-state index in [1.54, 1.807) is 0 Å². The molecule has 0 radical (unpaired) electrons. The highest BCUT2D eigenvalue weighted by atomic mass is 19.4. The lowest BCUT2D eigenvalue weighted by molar-refractivity contribution is -0.182. The Labute approximate surface area is 115 Å². The van der Waals surface area contributed by atoms with Crippen molar-refractivity contribution in [3.8, 4) is 0 Å². The molecule has 0 bridgehead atoms. The van der Waals surface area contributed by atoms with Crippen LogP contribution in [-0.2, 0) is 0 Å². The van der Waals surface area contributed by atoms with Crippen LogP contribution in [0.5, 0.6) is 0 Å². The highest BCUT2D eigenvalue weighted by molar-refractivity contribution is 4.98. The molecule has 0 saturated heterocycles. The van der Waals surface area contributed by atoms with Crippen molar-refractivity contribution in [2.75, 3.05) is 0 Å². The zero-order valence-electron chi connectivity index (χ0n) is 11.4. The van der Waals surface area contributed by atoms with Gasteiger partial charge in [-0.1, -0.05) is 18.5 Å². The molecule has 0 aliphatic heterocycles. The van der Waals surface area contributed by atoms with E-state index in [4.69, 9.17) is 4.52 Å². The van der Waals surface area contributed by atoms with Crippen molar-refractivity contribution in [1.29, 1.82) is 0 Å². The molecule has 2 rings (SSSR count). The Kier molecular flexibility index (Phi) is 4.67. The molecule has 1 atom stereocenters. The summed E-state index contributed by atoms with van der Waals surface area (Å²) < 4.78 is 42.8. The van der Waals surface area contributed by atoms with Crippen molar-refractivity contribution >= 4 is 0 Å². The van der Waals surface area contributed by atoms with E-state index >= 15 is 0 Å². The van der Waals surface area contributed by atoms with Crippen molar-refractivity contribution in [3.63, 3.8) is 0 Å². The Bertz CT molecular complexity index is 425. The van der Waals surface area contributed by atoms with Crippen molar-refractivity contribution < 1.29 is 22.8 Å². The quantitative estimate of drug-likeness (QED) is 0.918. The van der Waals surface area contributed by atoms with Gasteiger partial charge in [-0.25, -0.2) is 0 Å². The molecule has 1 fully saturated rings. The van der Waals surface area contributed by atoms with E-state index in [1.807, 2.05) is 6.92 Å². The van der Waals surface area contributed by atoms with E-state index in [1.165, 1.54) is 0 Å². The third kappa shape index (κ3) is 3.50. The molecule has 7 heteroatoms. The maximum atomic E-state index is 12.6. The molecule has 1 aliphatic carbocycles. The average molecular weight is 292 g/mol. The molecule has 1 heterocycles. The third-order valence-electron chi connectivity index (χ3n) is 3.86. The van der Waals surface area contributed by atoms with Crippen molar-refractivity contribution in [2.45, 2.75) is 63.6 Å². The number of hydrogen-bond donors (Lipinski definition) is 1. The van der Waals surface area contributed by atoms with Crippen LogP contribution in [0.3, 0.4) is 0 Å². The van der Waals surface area contributed by atoms with Crippen LogP contribution < -0.4 is 0 Å². The number of hydrogen-bond acceptors (Lipinski definition) is 4. The Balaban J connectivity index is 1.94. The maximum Gasteiger partial charge on any atom is 0.391 e. The number of halogens is 3. The van der Waals surface area contributed by atoms with Crippen LogP contribution in [0.2, 0.25) is 0 Å². The smallest absolute Gasteiger partial charge is 0.385 e. The van der Waals surface area contributed by atoms with Gasteiger partial charge >= 0.3 is 6.18 Å². The number of aliphatic hydroxyl groups excluding tert-OH is 1. The van der Waals surface area contributed by atoms with E-state index in [0.717, 1.165) is 6.42 Å². The average Bonchev–Trinajstić information content (AvgIpc) is 2.88. The van der Waals surface area contributed by atoms with Gasteiger partial charge in [0.1, 0.15) is 6.10 Å². The van der Waals surface area contributed by atoms with Gasteiger partial charge in [-0.15, -0.1) is 0 Å². The number of nitrogens with zero attached hydrogens (tertiary/aromatic N) is 2. The van der Waals surface area contributed by atoms with Gasteiger partial charge in [0.25, 0.3) is 0 Å². The number of alkyl halides is 3. The lowest BCUT2D eigenvalue weighted by Gasteiger charge is -2.27. The topological polar surface area (TPSA) is 59.2 Å². The first kappa shape index (κ1) is 15.3. The largest absolute Gasteiger partial charge is 0.391 e. The van der Waals surface area contributed by atoms with E-state index in [2.05, 4.69) is 10.1 Å². The molecular weight excluding hydrogens is 273 g/mol. The first-order chi connectivity index (χ1) is 9.41. The summed E-state index contributed by atoms with van der Waals surface area (Å²) in [5.74, 6) is -0.744. The summed E-state index contributed by atoms with van der Waals surface area (Å²) in [6.07, 6.45) is -2.54. The minimum absolute atomic E-state index is 0.101. The van der Waals surface area contributed by atoms with Crippen LogP contribution in [0, 0.1) is 5.92 Å². The van der Waals surface area contributed by atoms with Gasteiger partial charge in [-0.05, 0) is 32.1 Å². The summed E-state index contributed by atoms with van der Waals surface area (Å²) in [6, 6.07) is 0. The molecule has 1 unspecified atom stereocenters. The minimum Gasteiger partial charge on any atom is -0.385 e. The Morgan fingerprint density at radius 2 is 1.95 bits per heavy atom. The highest BCUT2D eigenvalue weighted by Gasteiger charge is 2.42. The van der Waals surface area contributed by atoms with Crippen LogP contribution in [0.25, 0.3) is 0 Å². The molecule has 0 aromatic carbocycles. The van der Waals surface area contributed by atoms with Crippen LogP contribution in [0.4, 0.5) is 13.2 Å². The van der Waals surface area contributed by atoms with Gasteiger partial charge in [-0.2, -0.15) is 18.2 Å². The van der Waals surface area contributed by atoms with E-state index in [0.29, 0.717) is 25.2 Å². The lowest BCUT2D eigenvalue weighted by atomic mass is 9.81. The molecule has 1 aromatic heterocycles. The minimum atomic E-state index is -4.11. The molecular formula is C13H19F3N2O2. The van der Waals surface area contributed by atoms with E-state index in [9.17, 15) is 18.3 Å². The number of aromatic nitrogens is 2. The summed E-state index contributed by atoms with van der Waals surface area (Å²) in [7, 11) is 0. The van der Waals surface area contributed by atoms with Gasteiger partial charge in [0, 0.05) is 5.92 Å². The van der Waals surface area contributed by atoms with Crippen molar-refractivity contribution in [3.05, 3.63) is 11.7 Å². The molecule has 20 heavy (non-hydrogen) atoms. The second kappa shape index (κ2) is 6.11. The highest BCUT2D eigenvalue weighted by Crippen LogP contribution is 2.42. The van der Waals surface area contributed by atoms with E-state index < -0.39 is 18.2 Å². The van der Waals surface area contributed by atoms with Crippen molar-refractivity contribution in [2.24, 2.45) is 5.92 Å². The summed E-state index contributed by atoms with van der Waals surface area (Å²) >= 11 is 0. The standard InChI is InChI=1S/C13H19F3N2O2/c1-2-3-10(19)11-17-12(20-18-11)8-4-6-9(7-5-8)13(14,15)16/h8-10,19H,2-7H2,1H3. The SMILES string of the molecule is CCCC(O)c1noc(C2CCC(C(F)(F)F)CC2)n1. The van der Waals surface area contributed by atoms with Crippen molar-refractivity contribution in [1.82, 2.24) is 10.1 Å². The van der Waals surface area contributed by atoms with Gasteiger partial charge in [0.15, 0.2) is 5.82 Å². The molecule has 4 nitrogen and oxygen atoms in total. The van der Waals surface area contributed by atoms with Crippen LogP contribution in [0.15, 0.2) is 4.52 Å². The van der Waals surface area contributed by atoms with Gasteiger partial charge < -0.3 is 9.63 Å². The second-order valence-electron chi connectivity index (χ2n) is 5.39. The molecule has 1 aliphatic rings. The fourth-order valence-electron chi connectivity index (χ4n) is 2.62. The Hall–Kier alpha value is -1.11. The summed E-state index contributed by atoms with van der Waals surface area (Å²) in [4.78, 5) is 4.13. The summed E-state index contributed by atoms with van der Waals surface area (Å²) in [5, 5.41) is 13.5. The summed E-state index contributed by atoms with van der Waals surface area (Å²) in [6.45, 7) is 1.93. The predicted molar refractivity (Wildman–Crippen MR) is 64.9 cm³/mol. The Morgan fingerprint density at radius 3 is 2.50 bits per heavy atom. The van der Waals surface area contributed by atoms with Gasteiger partial charge in [0.2, 0.25) is 5.89 Å². The number of aliphatic hydroxyl groups is 1. The molecule has 1 N–H and O–H groups in total. The monoisotopic (exact) mass is 292 g/mol. The normalized spacial score (nSPS) is 25.6. The predicted octanol–water partition coefficient (Wildman–Crippen LogP) is 3.74. The first-order valence-electron chi connectivity index (χ1n) is 7.00. The van der Waals surface area contributed by atoms with Gasteiger partial charge in [0.05, 0.1) is 5.92 Å². The zero-order valence-corrected chi connectivity index (χ0v) is 11.4. The third-order valence-corrected chi connectivity index (χ3v) is 3.86. The molecule has 0 amide bonds. The maximum absolute atomic E-state index is 12.6. The second-order valence-corrected chi connectivity index (χ2v) is 5.39. The molecule has 114 valence electrons. The number of rotatable bonds is 4. The van der Waals surface area contributed by atoms with Crippen LogP contribution in [0.1, 0.15) is 69.2 Å². The Morgan fingerprint density at radius 1 is 1.30 bits per heavy atom. The molecule has 1 saturated carbocycles. The fraction of sp³-hybridized carbons (Fsp3) is 0.846.